The molecule has 0 aliphatic rings. The summed E-state index contributed by atoms with van der Waals surface area (Å²) in [6.45, 7) is 3.92. The summed E-state index contributed by atoms with van der Waals surface area (Å²) in [7, 11) is 0. The lowest BCUT2D eigenvalue weighted by Gasteiger charge is -2.08. The highest BCUT2D eigenvalue weighted by Crippen LogP contribution is 2.22. The van der Waals surface area contributed by atoms with Crippen LogP contribution < -0.4 is 4.74 Å². The predicted octanol–water partition coefficient (Wildman–Crippen LogP) is 4.87. The molecule has 0 fully saturated rings. The molecule has 0 saturated heterocycles. The number of ketones is 1. The van der Waals surface area contributed by atoms with Crippen molar-refractivity contribution in [2.24, 2.45) is 0 Å². The van der Waals surface area contributed by atoms with Crippen molar-refractivity contribution in [3.8, 4) is 5.75 Å². The molecular weight excluding hydrogens is 295 g/mol. The Morgan fingerprint density at radius 3 is 2.30 bits per heavy atom. The van der Waals surface area contributed by atoms with Gasteiger partial charge in [0.05, 0.1) is 5.02 Å². The number of carbonyl (C=O) groups is 1. The van der Waals surface area contributed by atoms with Crippen molar-refractivity contribution in [3.05, 3.63) is 63.1 Å². The first-order valence-electron chi connectivity index (χ1n) is 6.15. The van der Waals surface area contributed by atoms with Crippen molar-refractivity contribution in [1.29, 1.82) is 0 Å². The van der Waals surface area contributed by atoms with Crippen LogP contribution in [-0.4, -0.2) is 12.4 Å². The van der Waals surface area contributed by atoms with E-state index in [0.29, 0.717) is 21.4 Å². The molecule has 0 atom stereocenters. The Balaban J connectivity index is 2.08. The molecule has 0 spiro atoms. The molecule has 0 aromatic heterocycles. The second-order valence-electron chi connectivity index (χ2n) is 4.66. The van der Waals surface area contributed by atoms with Gasteiger partial charge in [0, 0.05) is 10.6 Å². The Morgan fingerprint density at radius 1 is 1.05 bits per heavy atom. The SMILES string of the molecule is Cc1cc(C)cc(OCC(=O)c2ccc(Cl)cc2Cl)c1. The maximum Gasteiger partial charge on any atom is 0.201 e. The minimum atomic E-state index is -0.175. The fourth-order valence-corrected chi connectivity index (χ4v) is 2.47. The Hall–Kier alpha value is -1.51. The fraction of sp³-hybridized carbons (Fsp3) is 0.188. The van der Waals surface area contributed by atoms with Gasteiger partial charge in [-0.25, -0.2) is 0 Å². The van der Waals surface area contributed by atoms with Gasteiger partial charge in [-0.1, -0.05) is 29.3 Å². The lowest BCUT2D eigenvalue weighted by molar-refractivity contribution is 0.0921. The molecule has 2 aromatic carbocycles. The van der Waals surface area contributed by atoms with E-state index in [-0.39, 0.29) is 12.4 Å². The number of hydrogen-bond donors (Lipinski definition) is 0. The number of benzene rings is 2. The molecule has 20 heavy (non-hydrogen) atoms. The van der Waals surface area contributed by atoms with E-state index in [2.05, 4.69) is 0 Å². The maximum absolute atomic E-state index is 12.1. The summed E-state index contributed by atoms with van der Waals surface area (Å²) in [5.41, 5.74) is 2.61. The van der Waals surface area contributed by atoms with Gasteiger partial charge in [0.15, 0.2) is 6.61 Å². The Kier molecular flexibility index (Phi) is 4.69. The molecule has 0 amide bonds. The van der Waals surface area contributed by atoms with Crippen LogP contribution in [0.15, 0.2) is 36.4 Å². The smallest absolute Gasteiger partial charge is 0.201 e. The largest absolute Gasteiger partial charge is 0.485 e. The zero-order valence-corrected chi connectivity index (χ0v) is 12.8. The standard InChI is InChI=1S/C16H14Cl2O2/c1-10-5-11(2)7-13(6-10)20-9-16(19)14-4-3-12(17)8-15(14)18/h3-8H,9H2,1-2H3. The summed E-state index contributed by atoms with van der Waals surface area (Å²) in [5.74, 6) is 0.506. The third-order valence-corrected chi connectivity index (χ3v) is 3.34. The van der Waals surface area contributed by atoms with Crippen molar-refractivity contribution in [2.75, 3.05) is 6.61 Å². The van der Waals surface area contributed by atoms with Crippen molar-refractivity contribution in [1.82, 2.24) is 0 Å². The Morgan fingerprint density at radius 2 is 1.70 bits per heavy atom. The van der Waals surface area contributed by atoms with Gasteiger partial charge in [0.2, 0.25) is 5.78 Å². The van der Waals surface area contributed by atoms with Gasteiger partial charge in [-0.15, -0.1) is 0 Å². The highest BCUT2D eigenvalue weighted by atomic mass is 35.5. The molecule has 104 valence electrons. The Bertz CT molecular complexity index is 631. The van der Waals surface area contributed by atoms with Crippen LogP contribution in [0.3, 0.4) is 0 Å². The van der Waals surface area contributed by atoms with E-state index >= 15 is 0 Å². The molecule has 0 unspecified atom stereocenters. The van der Waals surface area contributed by atoms with Crippen LogP contribution in [0.5, 0.6) is 5.75 Å². The lowest BCUT2D eigenvalue weighted by atomic mass is 10.1. The number of Topliss-reactive ketones (excluding diaryl/α,β-unsaturated/α-hetero) is 1. The molecule has 4 heteroatoms. The fourth-order valence-electron chi connectivity index (χ4n) is 1.96. The van der Waals surface area contributed by atoms with E-state index < -0.39 is 0 Å². The summed E-state index contributed by atoms with van der Waals surface area (Å²) in [6, 6.07) is 10.6. The van der Waals surface area contributed by atoms with Gasteiger partial charge < -0.3 is 4.74 Å². The van der Waals surface area contributed by atoms with Crippen molar-refractivity contribution >= 4 is 29.0 Å². The maximum atomic E-state index is 12.1. The van der Waals surface area contributed by atoms with Crippen LogP contribution in [0, 0.1) is 13.8 Å². The van der Waals surface area contributed by atoms with Gasteiger partial charge in [-0.2, -0.15) is 0 Å². The molecule has 0 heterocycles. The normalized spacial score (nSPS) is 10.4. The molecule has 2 nitrogen and oxygen atoms in total. The summed E-state index contributed by atoms with van der Waals surface area (Å²) < 4.78 is 5.53. The number of halogens is 2. The first-order chi connectivity index (χ1) is 9.45. The molecule has 2 aromatic rings. The molecule has 0 saturated carbocycles. The average Bonchev–Trinajstić information content (AvgIpc) is 2.35. The minimum absolute atomic E-state index is 0.0513. The Labute approximate surface area is 128 Å². The van der Waals surface area contributed by atoms with Crippen LogP contribution in [0.4, 0.5) is 0 Å². The van der Waals surface area contributed by atoms with E-state index in [1.165, 1.54) is 0 Å². The molecule has 0 radical (unpaired) electrons. The summed E-state index contributed by atoms with van der Waals surface area (Å²) in [5, 5.41) is 0.841. The quantitative estimate of drug-likeness (QED) is 0.753. The monoisotopic (exact) mass is 308 g/mol. The van der Waals surface area contributed by atoms with Crippen LogP contribution in [0.2, 0.25) is 10.0 Å². The van der Waals surface area contributed by atoms with E-state index in [1.807, 2.05) is 32.0 Å². The third-order valence-electron chi connectivity index (χ3n) is 2.80. The molecule has 0 bridgehead atoms. The molecular formula is C16H14Cl2O2. The van der Waals surface area contributed by atoms with E-state index in [0.717, 1.165) is 11.1 Å². The number of aryl methyl sites for hydroxylation is 2. The summed E-state index contributed by atoms with van der Waals surface area (Å²) in [4.78, 5) is 12.1. The summed E-state index contributed by atoms with van der Waals surface area (Å²) in [6.07, 6.45) is 0. The van der Waals surface area contributed by atoms with Gasteiger partial charge in [-0.3, -0.25) is 4.79 Å². The van der Waals surface area contributed by atoms with Crippen molar-refractivity contribution in [2.45, 2.75) is 13.8 Å². The third kappa shape index (κ3) is 3.75. The van der Waals surface area contributed by atoms with Crippen molar-refractivity contribution < 1.29 is 9.53 Å². The lowest BCUT2D eigenvalue weighted by Crippen LogP contribution is -2.12. The molecule has 2 rings (SSSR count). The highest BCUT2D eigenvalue weighted by Gasteiger charge is 2.11. The topological polar surface area (TPSA) is 26.3 Å². The molecule has 0 N–H and O–H groups in total. The van der Waals surface area contributed by atoms with Crippen LogP contribution in [-0.2, 0) is 0 Å². The number of ether oxygens (including phenoxy) is 1. The second-order valence-corrected chi connectivity index (χ2v) is 5.50. The zero-order valence-electron chi connectivity index (χ0n) is 11.2. The van der Waals surface area contributed by atoms with Gasteiger partial charge >= 0.3 is 0 Å². The molecule has 0 aliphatic heterocycles. The predicted molar refractivity (Wildman–Crippen MR) is 82.2 cm³/mol. The number of hydrogen-bond acceptors (Lipinski definition) is 2. The van der Waals surface area contributed by atoms with E-state index in [1.54, 1.807) is 18.2 Å². The summed E-state index contributed by atoms with van der Waals surface area (Å²) >= 11 is 11.8. The van der Waals surface area contributed by atoms with Crippen LogP contribution in [0.1, 0.15) is 21.5 Å². The second kappa shape index (κ2) is 6.29. The van der Waals surface area contributed by atoms with Crippen LogP contribution in [0.25, 0.3) is 0 Å². The minimum Gasteiger partial charge on any atom is -0.485 e. The first kappa shape index (κ1) is 14.9. The first-order valence-corrected chi connectivity index (χ1v) is 6.90. The zero-order chi connectivity index (χ0) is 14.7. The number of carbonyl (C=O) groups excluding carboxylic acids is 1. The van der Waals surface area contributed by atoms with Crippen molar-refractivity contribution in [3.63, 3.8) is 0 Å². The van der Waals surface area contributed by atoms with Gasteiger partial charge in [0.25, 0.3) is 0 Å². The highest BCUT2D eigenvalue weighted by molar-refractivity contribution is 6.36. The molecule has 0 aliphatic carbocycles. The van der Waals surface area contributed by atoms with E-state index in [4.69, 9.17) is 27.9 Å². The van der Waals surface area contributed by atoms with E-state index in [9.17, 15) is 4.79 Å². The van der Waals surface area contributed by atoms with Gasteiger partial charge in [0.1, 0.15) is 5.75 Å². The van der Waals surface area contributed by atoms with Gasteiger partial charge in [-0.05, 0) is 55.3 Å². The average molecular weight is 309 g/mol. The number of rotatable bonds is 4. The van der Waals surface area contributed by atoms with Crippen LogP contribution >= 0.6 is 23.2 Å².